The van der Waals surface area contributed by atoms with Crippen molar-refractivity contribution >= 4 is 33.3 Å². The molecule has 0 atom stereocenters. The Balaban J connectivity index is 2.28. The molecular weight excluding hydrogens is 308 g/mol. The maximum atomic E-state index is 10.7. The van der Waals surface area contributed by atoms with Crippen molar-refractivity contribution in [1.82, 2.24) is 0 Å². The van der Waals surface area contributed by atoms with Crippen LogP contribution < -0.4 is 5.32 Å². The summed E-state index contributed by atoms with van der Waals surface area (Å²) in [6, 6.07) is 13.7. The van der Waals surface area contributed by atoms with Crippen molar-refractivity contribution in [2.75, 3.05) is 5.32 Å². The molecule has 2 aromatic rings. The van der Waals surface area contributed by atoms with E-state index < -0.39 is 5.97 Å². The summed E-state index contributed by atoms with van der Waals surface area (Å²) in [5, 5.41) is 20.9. The van der Waals surface area contributed by atoms with Crippen LogP contribution in [-0.2, 0) is 0 Å². The smallest absolute Gasteiger partial charge is 0.335 e. The second kappa shape index (κ2) is 5.55. The highest BCUT2D eigenvalue weighted by Crippen LogP contribution is 2.24. The Morgan fingerprint density at radius 2 is 1.89 bits per heavy atom. The third-order valence-corrected chi connectivity index (χ3v) is 3.01. The lowest BCUT2D eigenvalue weighted by Gasteiger charge is -2.09. The fourth-order valence-corrected chi connectivity index (χ4v) is 1.93. The van der Waals surface area contributed by atoms with Crippen LogP contribution in [0.1, 0.15) is 15.9 Å². The Kier molecular flexibility index (Phi) is 3.83. The van der Waals surface area contributed by atoms with Gasteiger partial charge >= 0.3 is 5.97 Å². The second-order valence-corrected chi connectivity index (χ2v) is 4.72. The number of halogens is 1. The van der Waals surface area contributed by atoms with Gasteiger partial charge in [0.15, 0.2) is 0 Å². The molecule has 2 aromatic carbocycles. The van der Waals surface area contributed by atoms with E-state index in [1.54, 1.807) is 30.3 Å². The summed E-state index contributed by atoms with van der Waals surface area (Å²) < 4.78 is 0.858. The summed E-state index contributed by atoms with van der Waals surface area (Å²) in [5.41, 5.74) is 2.13. The van der Waals surface area contributed by atoms with Gasteiger partial charge in [0.2, 0.25) is 0 Å². The lowest BCUT2D eigenvalue weighted by molar-refractivity contribution is 0.0697. The Labute approximate surface area is 118 Å². The van der Waals surface area contributed by atoms with Crippen LogP contribution in [0, 0.1) is 11.3 Å². The predicted octanol–water partition coefficient (Wildman–Crippen LogP) is 3.76. The van der Waals surface area contributed by atoms with Gasteiger partial charge in [-0.3, -0.25) is 0 Å². The number of nitrogens with one attached hydrogen (secondary N) is 1. The van der Waals surface area contributed by atoms with Crippen LogP contribution in [0.4, 0.5) is 11.4 Å². The molecule has 5 heteroatoms. The minimum Gasteiger partial charge on any atom is -0.478 e. The number of rotatable bonds is 3. The number of carbonyl (C=O) groups is 1. The molecule has 2 rings (SSSR count). The van der Waals surface area contributed by atoms with Gasteiger partial charge in [0.05, 0.1) is 16.8 Å². The van der Waals surface area contributed by atoms with Crippen molar-refractivity contribution in [3.63, 3.8) is 0 Å². The van der Waals surface area contributed by atoms with E-state index in [0.717, 1.165) is 10.2 Å². The van der Waals surface area contributed by atoms with E-state index in [-0.39, 0.29) is 5.56 Å². The first kappa shape index (κ1) is 13.1. The fraction of sp³-hybridized carbons (Fsp3) is 0. The van der Waals surface area contributed by atoms with Gasteiger partial charge in [0, 0.05) is 10.2 Å². The number of hydrogen-bond acceptors (Lipinski definition) is 3. The highest BCUT2D eigenvalue weighted by molar-refractivity contribution is 9.10. The van der Waals surface area contributed by atoms with E-state index in [4.69, 9.17) is 10.4 Å². The number of anilines is 2. The van der Waals surface area contributed by atoms with Crippen LogP contribution in [0.5, 0.6) is 0 Å². The molecule has 0 bridgehead atoms. The number of hydrogen-bond donors (Lipinski definition) is 2. The third kappa shape index (κ3) is 3.12. The van der Waals surface area contributed by atoms with Crippen LogP contribution in [0.15, 0.2) is 46.9 Å². The maximum Gasteiger partial charge on any atom is 0.335 e. The summed E-state index contributed by atoms with van der Waals surface area (Å²) in [6.45, 7) is 0. The molecular formula is C14H9BrN2O2. The lowest BCUT2D eigenvalue weighted by atomic mass is 10.1. The molecule has 0 radical (unpaired) electrons. The summed E-state index contributed by atoms with van der Waals surface area (Å²) >= 11 is 3.34. The van der Waals surface area contributed by atoms with Gasteiger partial charge in [-0.15, -0.1) is 0 Å². The average molecular weight is 317 g/mol. The first-order valence-corrected chi connectivity index (χ1v) is 6.19. The SMILES string of the molecule is N#Cc1ccc(Br)cc1Nc1ccc(C(=O)O)cc1. The Bertz CT molecular complexity index is 660. The molecule has 2 N–H and O–H groups in total. The quantitative estimate of drug-likeness (QED) is 0.904. The van der Waals surface area contributed by atoms with Gasteiger partial charge in [0.25, 0.3) is 0 Å². The Morgan fingerprint density at radius 1 is 1.21 bits per heavy atom. The van der Waals surface area contributed by atoms with Crippen molar-refractivity contribution in [2.45, 2.75) is 0 Å². The van der Waals surface area contributed by atoms with Crippen molar-refractivity contribution in [2.24, 2.45) is 0 Å². The predicted molar refractivity (Wildman–Crippen MR) is 75.5 cm³/mol. The molecule has 0 amide bonds. The number of nitrogens with zero attached hydrogens (tertiary/aromatic N) is 1. The van der Waals surface area contributed by atoms with Gasteiger partial charge in [-0.2, -0.15) is 5.26 Å². The molecule has 0 saturated heterocycles. The van der Waals surface area contributed by atoms with Gasteiger partial charge in [-0.1, -0.05) is 15.9 Å². The van der Waals surface area contributed by atoms with Crippen LogP contribution in [0.2, 0.25) is 0 Å². The standard InChI is InChI=1S/C14H9BrN2O2/c15-11-4-1-10(8-16)13(7-11)17-12-5-2-9(3-6-12)14(18)19/h1-7,17H,(H,18,19). The molecule has 0 unspecified atom stereocenters. The van der Waals surface area contributed by atoms with Crippen molar-refractivity contribution in [3.05, 3.63) is 58.1 Å². The first-order valence-electron chi connectivity index (χ1n) is 5.40. The summed E-state index contributed by atoms with van der Waals surface area (Å²) in [6.07, 6.45) is 0. The molecule has 0 saturated carbocycles. The zero-order chi connectivity index (χ0) is 13.8. The summed E-state index contributed by atoms with van der Waals surface area (Å²) in [5.74, 6) is -0.966. The van der Waals surface area contributed by atoms with Crippen molar-refractivity contribution in [1.29, 1.82) is 5.26 Å². The first-order chi connectivity index (χ1) is 9.10. The summed E-state index contributed by atoms with van der Waals surface area (Å²) in [7, 11) is 0. The van der Waals surface area contributed by atoms with E-state index in [9.17, 15) is 4.79 Å². The average Bonchev–Trinajstić information content (AvgIpc) is 2.39. The van der Waals surface area contributed by atoms with Crippen LogP contribution in [-0.4, -0.2) is 11.1 Å². The van der Waals surface area contributed by atoms with E-state index in [0.29, 0.717) is 11.3 Å². The lowest BCUT2D eigenvalue weighted by Crippen LogP contribution is -1.97. The van der Waals surface area contributed by atoms with Crippen molar-refractivity contribution in [3.8, 4) is 6.07 Å². The third-order valence-electron chi connectivity index (χ3n) is 2.51. The number of nitriles is 1. The topological polar surface area (TPSA) is 73.1 Å². The largest absolute Gasteiger partial charge is 0.478 e. The fourth-order valence-electron chi connectivity index (χ4n) is 1.57. The molecule has 0 aliphatic rings. The molecule has 4 nitrogen and oxygen atoms in total. The molecule has 0 spiro atoms. The summed E-state index contributed by atoms with van der Waals surface area (Å²) in [4.78, 5) is 10.7. The molecule has 94 valence electrons. The normalized spacial score (nSPS) is 9.68. The van der Waals surface area contributed by atoms with Gasteiger partial charge < -0.3 is 10.4 Å². The van der Waals surface area contributed by atoms with Gasteiger partial charge in [0.1, 0.15) is 6.07 Å². The Morgan fingerprint density at radius 3 is 2.47 bits per heavy atom. The molecule has 0 heterocycles. The molecule has 0 aliphatic carbocycles. The molecule has 0 aliphatic heterocycles. The van der Waals surface area contributed by atoms with Crippen LogP contribution >= 0.6 is 15.9 Å². The number of aromatic carboxylic acids is 1. The van der Waals surface area contributed by atoms with Crippen molar-refractivity contribution < 1.29 is 9.90 Å². The molecule has 19 heavy (non-hydrogen) atoms. The molecule has 0 aromatic heterocycles. The number of carboxylic acid groups (broad SMARTS) is 1. The Hall–Kier alpha value is -2.32. The van der Waals surface area contributed by atoms with E-state index >= 15 is 0 Å². The second-order valence-electron chi connectivity index (χ2n) is 3.81. The zero-order valence-electron chi connectivity index (χ0n) is 9.72. The number of carboxylic acids is 1. The zero-order valence-corrected chi connectivity index (χ0v) is 11.3. The van der Waals surface area contributed by atoms with Gasteiger partial charge in [-0.05, 0) is 42.5 Å². The minimum absolute atomic E-state index is 0.222. The number of benzene rings is 2. The minimum atomic E-state index is -0.966. The van der Waals surface area contributed by atoms with E-state index in [1.807, 2.05) is 0 Å². The van der Waals surface area contributed by atoms with E-state index in [2.05, 4.69) is 27.3 Å². The highest BCUT2D eigenvalue weighted by Gasteiger charge is 2.05. The monoisotopic (exact) mass is 316 g/mol. The molecule has 0 fully saturated rings. The highest BCUT2D eigenvalue weighted by atomic mass is 79.9. The van der Waals surface area contributed by atoms with Gasteiger partial charge in [-0.25, -0.2) is 4.79 Å². The maximum absolute atomic E-state index is 10.7. The van der Waals surface area contributed by atoms with Crippen LogP contribution in [0.3, 0.4) is 0 Å². The van der Waals surface area contributed by atoms with E-state index in [1.165, 1.54) is 12.1 Å². The van der Waals surface area contributed by atoms with Crippen LogP contribution in [0.25, 0.3) is 0 Å².